The second-order valence-corrected chi connectivity index (χ2v) is 4.62. The third-order valence-corrected chi connectivity index (χ3v) is 2.68. The fourth-order valence-electron chi connectivity index (χ4n) is 1.62. The second-order valence-electron chi connectivity index (χ2n) is 3.62. The van der Waals surface area contributed by atoms with Crippen molar-refractivity contribution in [2.75, 3.05) is 0 Å². The van der Waals surface area contributed by atoms with Crippen LogP contribution in [0.5, 0.6) is 0 Å². The molecule has 0 radical (unpaired) electrons. The van der Waals surface area contributed by atoms with Crippen molar-refractivity contribution in [1.82, 2.24) is 0 Å². The summed E-state index contributed by atoms with van der Waals surface area (Å²) in [5, 5.41) is 0. The lowest BCUT2D eigenvalue weighted by molar-refractivity contribution is 0.664. The van der Waals surface area contributed by atoms with Gasteiger partial charge in [-0.25, -0.2) is 0 Å². The fraction of sp³-hybridized carbons (Fsp3) is 0.385. The number of unbranched alkanes of at least 4 members (excludes halogenated alkanes) is 1. The molecule has 1 aromatic rings. The van der Waals surface area contributed by atoms with Gasteiger partial charge in [0.05, 0.1) is 0 Å². The van der Waals surface area contributed by atoms with Crippen molar-refractivity contribution in [3.8, 4) is 0 Å². The third kappa shape index (κ3) is 4.72. The van der Waals surface area contributed by atoms with Crippen LogP contribution < -0.4 is 0 Å². The van der Waals surface area contributed by atoms with Crippen LogP contribution in [-0.2, 0) is 0 Å². The molecule has 82 valence electrons. The molecule has 0 fully saturated rings. The summed E-state index contributed by atoms with van der Waals surface area (Å²) in [6.45, 7) is 2.19. The molecule has 1 aromatic carbocycles. The maximum Gasteiger partial charge on any atom is 0.103 e. The van der Waals surface area contributed by atoms with Gasteiger partial charge in [0.25, 0.3) is 0 Å². The maximum atomic E-state index is 5.73. The molecule has 1 atom stereocenters. The van der Waals surface area contributed by atoms with Crippen molar-refractivity contribution in [2.24, 2.45) is 0 Å². The molecule has 1 unspecified atom stereocenters. The minimum absolute atomic E-state index is 0.344. The van der Waals surface area contributed by atoms with Gasteiger partial charge in [0.1, 0.15) is 4.49 Å². The standard InChI is InChI=1S/C13H16Cl2/c1-2-3-7-12(10-13(14)15)11-8-5-4-6-9-11/h4-6,8-10,12H,2-3,7H2,1H3. The van der Waals surface area contributed by atoms with Gasteiger partial charge in [0.2, 0.25) is 0 Å². The smallest absolute Gasteiger partial charge is 0.0712 e. The van der Waals surface area contributed by atoms with E-state index in [1.165, 1.54) is 18.4 Å². The summed E-state index contributed by atoms with van der Waals surface area (Å²) < 4.78 is 0.361. The van der Waals surface area contributed by atoms with Crippen LogP contribution in [0.25, 0.3) is 0 Å². The summed E-state index contributed by atoms with van der Waals surface area (Å²) in [6, 6.07) is 10.3. The van der Waals surface area contributed by atoms with Crippen LogP contribution in [0.3, 0.4) is 0 Å². The van der Waals surface area contributed by atoms with E-state index in [0.29, 0.717) is 10.4 Å². The number of rotatable bonds is 5. The molecule has 0 heterocycles. The number of benzene rings is 1. The zero-order valence-electron chi connectivity index (χ0n) is 8.92. The van der Waals surface area contributed by atoms with Crippen LogP contribution in [-0.4, -0.2) is 0 Å². The zero-order chi connectivity index (χ0) is 11.1. The Balaban J connectivity index is 2.77. The second kappa shape index (κ2) is 6.92. The van der Waals surface area contributed by atoms with Gasteiger partial charge in [-0.1, -0.05) is 73.3 Å². The molecule has 0 aromatic heterocycles. The highest BCUT2D eigenvalue weighted by Crippen LogP contribution is 2.26. The van der Waals surface area contributed by atoms with E-state index in [1.807, 2.05) is 24.3 Å². The molecule has 0 nitrogen and oxygen atoms in total. The van der Waals surface area contributed by atoms with Crippen molar-refractivity contribution in [3.05, 3.63) is 46.5 Å². The lowest BCUT2D eigenvalue weighted by Crippen LogP contribution is -1.95. The van der Waals surface area contributed by atoms with Crippen molar-refractivity contribution >= 4 is 23.2 Å². The lowest BCUT2D eigenvalue weighted by atomic mass is 9.94. The largest absolute Gasteiger partial charge is 0.103 e. The van der Waals surface area contributed by atoms with Crippen molar-refractivity contribution in [3.63, 3.8) is 0 Å². The summed E-state index contributed by atoms with van der Waals surface area (Å²) in [4.78, 5) is 0. The van der Waals surface area contributed by atoms with Crippen LogP contribution in [0.1, 0.15) is 37.7 Å². The summed E-state index contributed by atoms with van der Waals surface area (Å²) in [6.07, 6.45) is 5.41. The SMILES string of the molecule is CCCCC(C=C(Cl)Cl)c1ccccc1. The molecule has 15 heavy (non-hydrogen) atoms. The Morgan fingerprint density at radius 1 is 1.27 bits per heavy atom. The Bertz CT molecular complexity index is 300. The molecule has 1 rings (SSSR count). The molecule has 0 saturated heterocycles. The first-order chi connectivity index (χ1) is 7.24. The average molecular weight is 243 g/mol. The van der Waals surface area contributed by atoms with Crippen LogP contribution in [0.15, 0.2) is 40.9 Å². The van der Waals surface area contributed by atoms with E-state index in [1.54, 1.807) is 0 Å². The van der Waals surface area contributed by atoms with E-state index in [0.717, 1.165) is 6.42 Å². The van der Waals surface area contributed by atoms with E-state index in [2.05, 4.69) is 19.1 Å². The van der Waals surface area contributed by atoms with Crippen molar-refractivity contribution < 1.29 is 0 Å². The molecule has 0 aliphatic rings. The number of allylic oxidation sites excluding steroid dienone is 1. The van der Waals surface area contributed by atoms with Gasteiger partial charge in [-0.05, 0) is 18.1 Å². The van der Waals surface area contributed by atoms with Gasteiger partial charge in [-0.15, -0.1) is 0 Å². The van der Waals surface area contributed by atoms with E-state index >= 15 is 0 Å². The summed E-state index contributed by atoms with van der Waals surface area (Å²) in [7, 11) is 0. The molecule has 0 saturated carbocycles. The summed E-state index contributed by atoms with van der Waals surface area (Å²) >= 11 is 11.5. The Morgan fingerprint density at radius 2 is 1.93 bits per heavy atom. The fourth-order valence-corrected chi connectivity index (χ4v) is 1.93. The Kier molecular flexibility index (Phi) is 5.82. The average Bonchev–Trinajstić information content (AvgIpc) is 2.25. The normalized spacial score (nSPS) is 12.2. The van der Waals surface area contributed by atoms with Gasteiger partial charge in [0, 0.05) is 5.92 Å². The van der Waals surface area contributed by atoms with E-state index in [9.17, 15) is 0 Å². The van der Waals surface area contributed by atoms with Gasteiger partial charge in [0.15, 0.2) is 0 Å². The molecule has 0 aliphatic heterocycles. The summed E-state index contributed by atoms with van der Waals surface area (Å²) in [5.74, 6) is 0.344. The van der Waals surface area contributed by atoms with E-state index in [4.69, 9.17) is 23.2 Å². The predicted octanol–water partition coefficient (Wildman–Crippen LogP) is 5.28. The molecular weight excluding hydrogens is 227 g/mol. The van der Waals surface area contributed by atoms with Crippen LogP contribution in [0.4, 0.5) is 0 Å². The maximum absolute atomic E-state index is 5.73. The first-order valence-corrected chi connectivity index (χ1v) is 6.07. The Hall–Kier alpha value is -0.460. The van der Waals surface area contributed by atoms with Gasteiger partial charge in [-0.3, -0.25) is 0 Å². The molecule has 2 heteroatoms. The van der Waals surface area contributed by atoms with Gasteiger partial charge < -0.3 is 0 Å². The van der Waals surface area contributed by atoms with Crippen LogP contribution >= 0.6 is 23.2 Å². The van der Waals surface area contributed by atoms with Gasteiger partial charge >= 0.3 is 0 Å². The first kappa shape index (κ1) is 12.6. The van der Waals surface area contributed by atoms with Crippen molar-refractivity contribution in [2.45, 2.75) is 32.1 Å². The third-order valence-electron chi connectivity index (χ3n) is 2.42. The predicted molar refractivity (Wildman–Crippen MR) is 68.5 cm³/mol. The summed E-state index contributed by atoms with van der Waals surface area (Å²) in [5.41, 5.74) is 1.28. The molecule has 0 bridgehead atoms. The minimum Gasteiger partial charge on any atom is -0.0712 e. The molecular formula is C13H16Cl2. The Morgan fingerprint density at radius 3 is 2.47 bits per heavy atom. The topological polar surface area (TPSA) is 0 Å². The number of halogens is 2. The zero-order valence-corrected chi connectivity index (χ0v) is 10.4. The lowest BCUT2D eigenvalue weighted by Gasteiger charge is -2.12. The Labute approximate surface area is 102 Å². The first-order valence-electron chi connectivity index (χ1n) is 5.31. The van der Waals surface area contributed by atoms with Crippen LogP contribution in [0, 0.1) is 0 Å². The van der Waals surface area contributed by atoms with E-state index in [-0.39, 0.29) is 0 Å². The highest BCUT2D eigenvalue weighted by atomic mass is 35.5. The molecule has 0 spiro atoms. The monoisotopic (exact) mass is 242 g/mol. The highest BCUT2D eigenvalue weighted by molar-refractivity contribution is 6.55. The van der Waals surface area contributed by atoms with E-state index < -0.39 is 0 Å². The highest BCUT2D eigenvalue weighted by Gasteiger charge is 2.08. The van der Waals surface area contributed by atoms with Crippen molar-refractivity contribution in [1.29, 1.82) is 0 Å². The quantitative estimate of drug-likeness (QED) is 0.660. The van der Waals surface area contributed by atoms with Gasteiger partial charge in [-0.2, -0.15) is 0 Å². The molecule has 0 amide bonds. The molecule has 0 aliphatic carbocycles. The minimum atomic E-state index is 0.344. The van der Waals surface area contributed by atoms with Crippen LogP contribution in [0.2, 0.25) is 0 Å². The molecule has 0 N–H and O–H groups in total. The number of hydrogen-bond donors (Lipinski definition) is 0. The number of hydrogen-bond acceptors (Lipinski definition) is 0.